The van der Waals surface area contributed by atoms with E-state index in [-0.39, 0.29) is 17.5 Å². The number of alkyl halides is 3. The number of hydrogen-bond acceptors (Lipinski definition) is 4. The van der Waals surface area contributed by atoms with Gasteiger partial charge in [-0.3, -0.25) is 9.48 Å². The minimum atomic E-state index is -4.27. The van der Waals surface area contributed by atoms with E-state index in [1.807, 2.05) is 13.8 Å². The summed E-state index contributed by atoms with van der Waals surface area (Å²) in [5.74, 6) is -0.162. The molecule has 166 valence electrons. The molecule has 31 heavy (non-hydrogen) atoms. The lowest BCUT2D eigenvalue weighted by Crippen LogP contribution is -2.41. The molecular weight excluding hydrogens is 409 g/mol. The molecule has 4 rings (SSSR count). The van der Waals surface area contributed by atoms with Crippen LogP contribution in [-0.2, 0) is 6.42 Å². The quantitative estimate of drug-likeness (QED) is 0.621. The summed E-state index contributed by atoms with van der Waals surface area (Å²) in [4.78, 5) is 16.3. The van der Waals surface area contributed by atoms with E-state index in [4.69, 9.17) is 0 Å². The Hall–Kier alpha value is -3.17. The molecule has 1 aromatic carbocycles. The highest BCUT2D eigenvalue weighted by Gasteiger charge is 2.30. The summed E-state index contributed by atoms with van der Waals surface area (Å²) < 4.78 is 39.3. The number of aromatic nitrogens is 5. The van der Waals surface area contributed by atoms with Crippen LogP contribution in [0.1, 0.15) is 48.7 Å². The van der Waals surface area contributed by atoms with Gasteiger partial charge in [-0.05, 0) is 30.5 Å². The van der Waals surface area contributed by atoms with Gasteiger partial charge in [0.15, 0.2) is 0 Å². The Bertz CT molecular complexity index is 983. The third-order valence-electron chi connectivity index (χ3n) is 4.89. The lowest BCUT2D eigenvalue weighted by molar-refractivity contribution is -0.127. The van der Waals surface area contributed by atoms with Crippen molar-refractivity contribution in [3.8, 4) is 5.69 Å². The highest BCUT2D eigenvalue weighted by Crippen LogP contribution is 2.26. The Balaban J connectivity index is 0.00000132. The second-order valence-electron chi connectivity index (χ2n) is 7.00. The van der Waals surface area contributed by atoms with E-state index in [2.05, 4.69) is 15.3 Å². The van der Waals surface area contributed by atoms with Crippen molar-refractivity contribution >= 4 is 5.91 Å². The van der Waals surface area contributed by atoms with E-state index < -0.39 is 12.6 Å². The lowest BCUT2D eigenvalue weighted by atomic mass is 10.0. The van der Waals surface area contributed by atoms with Crippen molar-refractivity contribution in [2.24, 2.45) is 0 Å². The fraction of sp³-hybridized carbons (Fsp3) is 0.429. The molecule has 1 atom stereocenters. The number of benzene rings is 1. The average molecular weight is 434 g/mol. The second kappa shape index (κ2) is 9.76. The van der Waals surface area contributed by atoms with Crippen molar-refractivity contribution in [3.05, 3.63) is 60.2 Å². The highest BCUT2D eigenvalue weighted by molar-refractivity contribution is 5.97. The van der Waals surface area contributed by atoms with Gasteiger partial charge in [-0.25, -0.2) is 0 Å². The van der Waals surface area contributed by atoms with Crippen LogP contribution in [0.4, 0.5) is 13.2 Å². The molecule has 0 radical (unpaired) electrons. The van der Waals surface area contributed by atoms with Crippen LogP contribution < -0.4 is 0 Å². The monoisotopic (exact) mass is 434 g/mol. The number of halogens is 3. The summed E-state index contributed by atoms with van der Waals surface area (Å²) in [6.07, 6.45) is 1.95. The van der Waals surface area contributed by atoms with Crippen LogP contribution in [0.15, 0.2) is 49.1 Å². The molecule has 0 saturated carbocycles. The maximum absolute atomic E-state index is 13.2. The minimum absolute atomic E-state index is 0.121. The molecule has 10 heteroatoms. The zero-order valence-electron chi connectivity index (χ0n) is 17.5. The van der Waals surface area contributed by atoms with Gasteiger partial charge in [0, 0.05) is 19.3 Å². The molecule has 3 aromatic rings. The normalized spacial score (nSPS) is 16.5. The first kappa shape index (κ1) is 22.5. The third-order valence-corrected chi connectivity index (χ3v) is 4.89. The number of amides is 1. The van der Waals surface area contributed by atoms with E-state index in [9.17, 15) is 18.0 Å². The lowest BCUT2D eigenvalue weighted by Gasteiger charge is -2.33. The van der Waals surface area contributed by atoms with E-state index in [0.717, 1.165) is 12.8 Å². The second-order valence-corrected chi connectivity index (χ2v) is 7.00. The number of para-hydroxylation sites is 1. The maximum Gasteiger partial charge on any atom is 0.393 e. The molecule has 1 fully saturated rings. The molecule has 0 bridgehead atoms. The van der Waals surface area contributed by atoms with E-state index >= 15 is 0 Å². The fourth-order valence-electron chi connectivity index (χ4n) is 3.59. The molecule has 1 aliphatic heterocycles. The zero-order chi connectivity index (χ0) is 22.4. The van der Waals surface area contributed by atoms with Crippen LogP contribution in [0.3, 0.4) is 0 Å². The van der Waals surface area contributed by atoms with Gasteiger partial charge in [-0.2, -0.15) is 33.3 Å². The number of rotatable bonds is 4. The van der Waals surface area contributed by atoms with Gasteiger partial charge in [-0.1, -0.05) is 26.0 Å². The number of nitrogens with zero attached hydrogens (tertiary/aromatic N) is 6. The maximum atomic E-state index is 13.2. The predicted molar refractivity (Wildman–Crippen MR) is 109 cm³/mol. The van der Waals surface area contributed by atoms with Gasteiger partial charge in [0.1, 0.15) is 0 Å². The van der Waals surface area contributed by atoms with Crippen LogP contribution in [-0.4, -0.2) is 54.8 Å². The predicted octanol–water partition coefficient (Wildman–Crippen LogP) is 4.07. The van der Waals surface area contributed by atoms with Crippen molar-refractivity contribution in [3.63, 3.8) is 0 Å². The summed E-state index contributed by atoms with van der Waals surface area (Å²) in [5, 5.41) is 12.3. The molecule has 0 aliphatic carbocycles. The molecule has 7 nitrogen and oxygen atoms in total. The molecule has 1 saturated heterocycles. The minimum Gasteiger partial charge on any atom is -0.336 e. The highest BCUT2D eigenvalue weighted by atomic mass is 19.4. The number of carbonyl (C=O) groups is 1. The molecule has 3 heterocycles. The standard InChI is InChI=1S/C19H19F3N6O.C2H6/c20-19(21,22)10-14-11-25-27(12-14)15-4-3-9-26(13-15)18(29)16-5-1-2-6-17(16)28-23-7-8-24-28;1-2/h1-2,5-8,11-12,15H,3-4,9-10,13H2;1-2H3. The number of piperidine rings is 1. The molecule has 0 spiro atoms. The Morgan fingerprint density at radius 3 is 2.55 bits per heavy atom. The van der Waals surface area contributed by atoms with Crippen LogP contribution in [0.2, 0.25) is 0 Å². The molecule has 1 amide bonds. The summed E-state index contributed by atoms with van der Waals surface area (Å²) in [5.41, 5.74) is 1.18. The Labute approximate surface area is 178 Å². The molecule has 1 unspecified atom stereocenters. The van der Waals surface area contributed by atoms with Gasteiger partial charge in [0.05, 0.1) is 42.3 Å². The van der Waals surface area contributed by atoms with Crippen molar-refractivity contribution in [2.75, 3.05) is 13.1 Å². The molecule has 0 N–H and O–H groups in total. The SMILES string of the molecule is CC.O=C(c1ccccc1-n1nccn1)N1CCCC(n2cc(CC(F)(F)F)cn2)C1. The van der Waals surface area contributed by atoms with Gasteiger partial charge in [0.25, 0.3) is 5.91 Å². The van der Waals surface area contributed by atoms with E-state index in [0.29, 0.717) is 24.3 Å². The largest absolute Gasteiger partial charge is 0.393 e. The van der Waals surface area contributed by atoms with Crippen LogP contribution in [0.25, 0.3) is 5.69 Å². The average Bonchev–Trinajstić information content (AvgIpc) is 3.46. The van der Waals surface area contributed by atoms with Crippen LogP contribution in [0, 0.1) is 0 Å². The van der Waals surface area contributed by atoms with Crippen LogP contribution >= 0.6 is 0 Å². The van der Waals surface area contributed by atoms with Gasteiger partial charge < -0.3 is 4.90 Å². The van der Waals surface area contributed by atoms with E-state index in [1.165, 1.54) is 29.6 Å². The first-order chi connectivity index (χ1) is 14.9. The van der Waals surface area contributed by atoms with Crippen LogP contribution in [0.5, 0.6) is 0 Å². The first-order valence-electron chi connectivity index (χ1n) is 10.3. The summed E-state index contributed by atoms with van der Waals surface area (Å²) in [7, 11) is 0. The van der Waals surface area contributed by atoms with Crippen molar-refractivity contribution in [1.29, 1.82) is 0 Å². The van der Waals surface area contributed by atoms with Gasteiger partial charge in [0.2, 0.25) is 0 Å². The molecular formula is C21H25F3N6O. The zero-order valence-corrected chi connectivity index (χ0v) is 17.5. The molecule has 2 aromatic heterocycles. The Morgan fingerprint density at radius 2 is 1.84 bits per heavy atom. The first-order valence-corrected chi connectivity index (χ1v) is 10.3. The van der Waals surface area contributed by atoms with E-state index in [1.54, 1.807) is 33.8 Å². The third kappa shape index (κ3) is 5.50. The van der Waals surface area contributed by atoms with Gasteiger partial charge >= 0.3 is 6.18 Å². The summed E-state index contributed by atoms with van der Waals surface area (Å²) in [6, 6.07) is 6.91. The van der Waals surface area contributed by atoms with Crippen molar-refractivity contribution in [2.45, 2.75) is 45.3 Å². The molecule has 1 aliphatic rings. The Morgan fingerprint density at radius 1 is 1.13 bits per heavy atom. The number of carbonyl (C=O) groups excluding carboxylic acids is 1. The number of likely N-dealkylation sites (tertiary alicyclic amines) is 1. The fourth-order valence-corrected chi connectivity index (χ4v) is 3.59. The topological polar surface area (TPSA) is 68.8 Å². The summed E-state index contributed by atoms with van der Waals surface area (Å²) >= 11 is 0. The summed E-state index contributed by atoms with van der Waals surface area (Å²) in [6.45, 7) is 4.96. The van der Waals surface area contributed by atoms with Crippen molar-refractivity contribution < 1.29 is 18.0 Å². The number of hydrogen-bond donors (Lipinski definition) is 0. The van der Waals surface area contributed by atoms with Gasteiger partial charge in [-0.15, -0.1) is 0 Å². The Kier molecular flexibility index (Phi) is 7.09. The smallest absolute Gasteiger partial charge is 0.336 e. The van der Waals surface area contributed by atoms with Crippen molar-refractivity contribution in [1.82, 2.24) is 29.7 Å².